The summed E-state index contributed by atoms with van der Waals surface area (Å²) in [5, 5.41) is -0.0351. The third-order valence-electron chi connectivity index (χ3n) is 3.14. The molecule has 1 fully saturated rings. The molecule has 1 aliphatic heterocycles. The van der Waals surface area contributed by atoms with Crippen LogP contribution in [0.5, 0.6) is 0 Å². The minimum Gasteiger partial charge on any atom is -0.358 e. The predicted octanol–water partition coefficient (Wildman–Crippen LogP) is 0.929. The van der Waals surface area contributed by atoms with Crippen LogP contribution in [0.1, 0.15) is 25.5 Å². The van der Waals surface area contributed by atoms with Crippen LogP contribution in [0, 0.1) is 0 Å². The summed E-state index contributed by atoms with van der Waals surface area (Å²) in [6, 6.07) is 0. The quantitative estimate of drug-likeness (QED) is 0.761. The van der Waals surface area contributed by atoms with Crippen molar-refractivity contribution < 1.29 is 13.2 Å². The van der Waals surface area contributed by atoms with Gasteiger partial charge in [0.05, 0.1) is 6.33 Å². The molecule has 1 atom stereocenters. The lowest BCUT2D eigenvalue weighted by Crippen LogP contribution is -2.17. The second kappa shape index (κ2) is 4.53. The molecular formula is C11H14N4O3S. The van der Waals surface area contributed by atoms with Crippen molar-refractivity contribution in [1.29, 1.82) is 0 Å². The molecule has 1 aliphatic rings. The normalized spacial score (nSPS) is 20.8. The van der Waals surface area contributed by atoms with Gasteiger partial charge in [-0.15, -0.1) is 0 Å². The number of imidazole rings is 1. The first-order valence-corrected chi connectivity index (χ1v) is 7.96. The van der Waals surface area contributed by atoms with E-state index in [-0.39, 0.29) is 11.3 Å². The summed E-state index contributed by atoms with van der Waals surface area (Å²) in [6.07, 6.45) is 6.82. The van der Waals surface area contributed by atoms with Gasteiger partial charge in [0.1, 0.15) is 18.1 Å². The lowest BCUT2D eigenvalue weighted by molar-refractivity contribution is -0.0298. The van der Waals surface area contributed by atoms with Gasteiger partial charge in [-0.05, 0) is 19.3 Å². The van der Waals surface area contributed by atoms with Crippen molar-refractivity contribution in [2.45, 2.75) is 30.5 Å². The largest absolute Gasteiger partial charge is 0.358 e. The molecule has 8 heteroatoms. The number of aromatic nitrogens is 4. The van der Waals surface area contributed by atoms with Crippen molar-refractivity contribution >= 4 is 21.0 Å². The molecule has 3 heterocycles. The van der Waals surface area contributed by atoms with Gasteiger partial charge in [-0.3, -0.25) is 4.57 Å². The van der Waals surface area contributed by atoms with Crippen LogP contribution in [0.2, 0.25) is 0 Å². The SMILES string of the molecule is CS(=O)(=O)c1ncnc2c1ncn2C1CCCCO1. The number of hydrogen-bond acceptors (Lipinski definition) is 6. The second-order valence-corrected chi connectivity index (χ2v) is 6.53. The van der Waals surface area contributed by atoms with Gasteiger partial charge >= 0.3 is 0 Å². The molecule has 0 spiro atoms. The Morgan fingerprint density at radius 3 is 2.84 bits per heavy atom. The molecule has 19 heavy (non-hydrogen) atoms. The Labute approximate surface area is 110 Å². The molecule has 0 N–H and O–H groups in total. The molecule has 0 aromatic carbocycles. The van der Waals surface area contributed by atoms with Gasteiger partial charge in [0.25, 0.3) is 0 Å². The van der Waals surface area contributed by atoms with Gasteiger partial charge in [0, 0.05) is 12.9 Å². The first-order valence-electron chi connectivity index (χ1n) is 6.06. The highest BCUT2D eigenvalue weighted by atomic mass is 32.2. The summed E-state index contributed by atoms with van der Waals surface area (Å²) in [5.41, 5.74) is 0.807. The first-order chi connectivity index (χ1) is 9.07. The van der Waals surface area contributed by atoms with Gasteiger partial charge in [0.2, 0.25) is 0 Å². The van der Waals surface area contributed by atoms with Gasteiger partial charge in [-0.2, -0.15) is 0 Å². The maximum Gasteiger partial charge on any atom is 0.195 e. The number of sulfone groups is 1. The third-order valence-corrected chi connectivity index (χ3v) is 4.14. The molecule has 2 aromatic rings. The number of hydrogen-bond donors (Lipinski definition) is 0. The van der Waals surface area contributed by atoms with E-state index in [1.165, 1.54) is 6.33 Å². The van der Waals surface area contributed by atoms with Crippen LogP contribution in [0.3, 0.4) is 0 Å². The molecule has 2 aromatic heterocycles. The number of rotatable bonds is 2. The van der Waals surface area contributed by atoms with Gasteiger partial charge < -0.3 is 4.74 Å². The van der Waals surface area contributed by atoms with Crippen molar-refractivity contribution in [2.24, 2.45) is 0 Å². The monoisotopic (exact) mass is 282 g/mol. The number of fused-ring (bicyclic) bond motifs is 1. The van der Waals surface area contributed by atoms with E-state index >= 15 is 0 Å². The molecule has 0 saturated carbocycles. The van der Waals surface area contributed by atoms with Crippen LogP contribution < -0.4 is 0 Å². The lowest BCUT2D eigenvalue weighted by Gasteiger charge is -2.23. The summed E-state index contributed by atoms with van der Waals surface area (Å²) in [5.74, 6) is 0. The highest BCUT2D eigenvalue weighted by Gasteiger charge is 2.22. The summed E-state index contributed by atoms with van der Waals surface area (Å²) in [7, 11) is -3.41. The zero-order valence-corrected chi connectivity index (χ0v) is 11.3. The van der Waals surface area contributed by atoms with E-state index in [9.17, 15) is 8.42 Å². The maximum absolute atomic E-state index is 11.7. The smallest absolute Gasteiger partial charge is 0.195 e. The van der Waals surface area contributed by atoms with Gasteiger partial charge in [-0.25, -0.2) is 23.4 Å². The summed E-state index contributed by atoms with van der Waals surface area (Å²) < 4.78 is 30.8. The average Bonchev–Trinajstić information content (AvgIpc) is 2.82. The van der Waals surface area contributed by atoms with Crippen LogP contribution >= 0.6 is 0 Å². The van der Waals surface area contributed by atoms with E-state index < -0.39 is 9.84 Å². The Balaban J connectivity index is 2.14. The second-order valence-electron chi connectivity index (χ2n) is 4.60. The molecule has 7 nitrogen and oxygen atoms in total. The van der Waals surface area contributed by atoms with Crippen LogP contribution in [-0.4, -0.2) is 40.8 Å². The fourth-order valence-corrected chi connectivity index (χ4v) is 2.99. The Kier molecular flexibility index (Phi) is 2.98. The van der Waals surface area contributed by atoms with E-state index in [4.69, 9.17) is 4.74 Å². The minimum absolute atomic E-state index is 0.0351. The lowest BCUT2D eigenvalue weighted by atomic mass is 10.2. The van der Waals surface area contributed by atoms with Crippen LogP contribution in [0.15, 0.2) is 17.7 Å². The summed E-state index contributed by atoms with van der Waals surface area (Å²) in [4.78, 5) is 12.1. The molecule has 1 saturated heterocycles. The molecule has 0 bridgehead atoms. The molecule has 0 aliphatic carbocycles. The molecule has 102 valence electrons. The van der Waals surface area contributed by atoms with Crippen LogP contribution in [-0.2, 0) is 14.6 Å². The van der Waals surface area contributed by atoms with Crippen LogP contribution in [0.4, 0.5) is 0 Å². The molecule has 0 amide bonds. The van der Waals surface area contributed by atoms with E-state index in [1.54, 1.807) is 10.9 Å². The van der Waals surface area contributed by atoms with Gasteiger partial charge in [0.15, 0.2) is 20.5 Å². The molecule has 1 unspecified atom stereocenters. The number of ether oxygens (including phenoxy) is 1. The van der Waals surface area contributed by atoms with E-state index in [0.29, 0.717) is 17.8 Å². The third kappa shape index (κ3) is 2.21. The standard InChI is InChI=1S/C11H14N4O3S/c1-19(16,17)11-9-10(12-6-13-11)15(7-14-9)8-4-2-3-5-18-8/h6-8H,2-5H2,1H3. The molecular weight excluding hydrogens is 268 g/mol. The van der Waals surface area contributed by atoms with Crippen molar-refractivity contribution in [3.63, 3.8) is 0 Å². The van der Waals surface area contributed by atoms with E-state index in [0.717, 1.165) is 25.5 Å². The fraction of sp³-hybridized carbons (Fsp3) is 0.545. The zero-order valence-electron chi connectivity index (χ0n) is 10.5. The first kappa shape index (κ1) is 12.5. The maximum atomic E-state index is 11.7. The highest BCUT2D eigenvalue weighted by molar-refractivity contribution is 7.90. The Morgan fingerprint density at radius 2 is 2.16 bits per heavy atom. The predicted molar refractivity (Wildman–Crippen MR) is 67.3 cm³/mol. The van der Waals surface area contributed by atoms with Crippen molar-refractivity contribution in [3.05, 3.63) is 12.7 Å². The summed E-state index contributed by atoms with van der Waals surface area (Å²) >= 11 is 0. The molecule has 3 rings (SSSR count). The van der Waals surface area contributed by atoms with Crippen molar-refractivity contribution in [2.75, 3.05) is 12.9 Å². The Morgan fingerprint density at radius 1 is 1.32 bits per heavy atom. The minimum atomic E-state index is -3.41. The Hall–Kier alpha value is -1.54. The number of nitrogens with zero attached hydrogens (tertiary/aromatic N) is 4. The fourth-order valence-electron chi connectivity index (χ4n) is 2.26. The summed E-state index contributed by atoms with van der Waals surface area (Å²) in [6.45, 7) is 0.703. The van der Waals surface area contributed by atoms with Gasteiger partial charge in [-0.1, -0.05) is 0 Å². The van der Waals surface area contributed by atoms with Crippen molar-refractivity contribution in [3.8, 4) is 0 Å². The molecule has 0 radical (unpaired) electrons. The average molecular weight is 282 g/mol. The topological polar surface area (TPSA) is 87.0 Å². The van der Waals surface area contributed by atoms with Crippen molar-refractivity contribution in [1.82, 2.24) is 19.5 Å². The van der Waals surface area contributed by atoms with E-state index in [2.05, 4.69) is 15.0 Å². The van der Waals surface area contributed by atoms with Crippen LogP contribution in [0.25, 0.3) is 11.2 Å². The zero-order chi connectivity index (χ0) is 13.5. The van der Waals surface area contributed by atoms with E-state index in [1.807, 2.05) is 0 Å². The Bertz CT molecular complexity index is 704. The highest BCUT2D eigenvalue weighted by Crippen LogP contribution is 2.26.